The van der Waals surface area contributed by atoms with Gasteiger partial charge in [0.15, 0.2) is 0 Å². The summed E-state index contributed by atoms with van der Waals surface area (Å²) in [5.41, 5.74) is 1.01. The second-order valence-electron chi connectivity index (χ2n) is 5.94. The molecule has 2 saturated heterocycles. The number of fused-ring (bicyclic) bond motifs is 1. The van der Waals surface area contributed by atoms with Crippen molar-refractivity contribution in [2.24, 2.45) is 5.92 Å². The first-order chi connectivity index (χ1) is 11.1. The lowest BCUT2D eigenvalue weighted by molar-refractivity contribution is -0.134. The van der Waals surface area contributed by atoms with Crippen LogP contribution in [-0.4, -0.2) is 60.1 Å². The number of carbonyl (C=O) groups is 2. The lowest BCUT2D eigenvalue weighted by Gasteiger charge is -2.22. The molecule has 2 amide bonds. The number of ether oxygens (including phenoxy) is 2. The van der Waals surface area contributed by atoms with Gasteiger partial charge in [0.25, 0.3) is 0 Å². The molecule has 3 heterocycles. The third kappa shape index (κ3) is 3.68. The van der Waals surface area contributed by atoms with Gasteiger partial charge < -0.3 is 19.7 Å². The molecule has 7 nitrogen and oxygen atoms in total. The summed E-state index contributed by atoms with van der Waals surface area (Å²) in [6.45, 7) is 3.56. The van der Waals surface area contributed by atoms with Crippen molar-refractivity contribution >= 4 is 11.8 Å². The van der Waals surface area contributed by atoms with Crippen molar-refractivity contribution in [2.45, 2.75) is 25.7 Å². The topological polar surface area (TPSA) is 80.8 Å². The summed E-state index contributed by atoms with van der Waals surface area (Å²) in [7, 11) is 0. The molecule has 124 valence electrons. The van der Waals surface area contributed by atoms with Crippen molar-refractivity contribution < 1.29 is 19.1 Å². The Morgan fingerprint density at radius 2 is 2.35 bits per heavy atom. The van der Waals surface area contributed by atoms with Crippen molar-refractivity contribution in [3.63, 3.8) is 0 Å². The van der Waals surface area contributed by atoms with Crippen LogP contribution in [0.25, 0.3) is 0 Å². The number of nitrogens with zero attached hydrogens (tertiary/aromatic N) is 2. The van der Waals surface area contributed by atoms with Gasteiger partial charge in [-0.1, -0.05) is 6.07 Å². The zero-order valence-corrected chi connectivity index (χ0v) is 13.1. The number of nitrogens with one attached hydrogen (secondary N) is 1. The summed E-state index contributed by atoms with van der Waals surface area (Å²) in [4.78, 5) is 29.1. The highest BCUT2D eigenvalue weighted by Gasteiger charge is 2.47. The van der Waals surface area contributed by atoms with E-state index in [9.17, 15) is 9.59 Å². The average molecular weight is 319 g/mol. The van der Waals surface area contributed by atoms with Crippen LogP contribution in [0.15, 0.2) is 24.5 Å². The molecule has 0 radical (unpaired) electrons. The first kappa shape index (κ1) is 15.9. The fourth-order valence-electron chi connectivity index (χ4n) is 3.15. The van der Waals surface area contributed by atoms with Crippen LogP contribution in [0.4, 0.5) is 0 Å². The number of likely N-dealkylation sites (tertiary alicyclic amines) is 1. The number of rotatable bonds is 5. The molecule has 0 aliphatic carbocycles. The van der Waals surface area contributed by atoms with Crippen molar-refractivity contribution in [2.75, 3.05) is 26.3 Å². The van der Waals surface area contributed by atoms with E-state index in [4.69, 9.17) is 9.47 Å². The molecule has 1 aromatic heterocycles. The van der Waals surface area contributed by atoms with Gasteiger partial charge in [-0.25, -0.2) is 0 Å². The van der Waals surface area contributed by atoms with Crippen LogP contribution in [0.2, 0.25) is 0 Å². The highest BCUT2D eigenvalue weighted by Crippen LogP contribution is 2.32. The highest BCUT2D eigenvalue weighted by molar-refractivity contribution is 5.84. The fourth-order valence-corrected chi connectivity index (χ4v) is 3.15. The Morgan fingerprint density at radius 3 is 3.09 bits per heavy atom. The standard InChI is InChI=1S/C16H21N3O4/c1-11(20)18-6-16(21)19-7-15(13-9-22-10-14(13)19)23-8-12-3-2-4-17-5-12/h2-5,13-15H,6-10H2,1H3,(H,18,20)/t13-,14+,15-/m1/s1. The molecule has 0 spiro atoms. The summed E-state index contributed by atoms with van der Waals surface area (Å²) in [6, 6.07) is 3.87. The first-order valence-corrected chi connectivity index (χ1v) is 7.77. The predicted molar refractivity (Wildman–Crippen MR) is 81.3 cm³/mol. The van der Waals surface area contributed by atoms with Gasteiger partial charge in [0, 0.05) is 31.8 Å². The minimum Gasteiger partial charge on any atom is -0.379 e. The molecular formula is C16H21N3O4. The third-order valence-corrected chi connectivity index (χ3v) is 4.34. The predicted octanol–water partition coefficient (Wildman–Crippen LogP) is -0.0399. The van der Waals surface area contributed by atoms with Gasteiger partial charge in [0.1, 0.15) is 0 Å². The largest absolute Gasteiger partial charge is 0.379 e. The van der Waals surface area contributed by atoms with Gasteiger partial charge in [-0.2, -0.15) is 0 Å². The molecule has 3 atom stereocenters. The Bertz CT molecular complexity index is 566. The van der Waals surface area contributed by atoms with E-state index in [-0.39, 0.29) is 36.4 Å². The van der Waals surface area contributed by atoms with Gasteiger partial charge in [-0.05, 0) is 11.6 Å². The van der Waals surface area contributed by atoms with Gasteiger partial charge >= 0.3 is 0 Å². The van der Waals surface area contributed by atoms with Crippen LogP contribution in [0, 0.1) is 5.92 Å². The second-order valence-corrected chi connectivity index (χ2v) is 5.94. The van der Waals surface area contributed by atoms with Crippen LogP contribution < -0.4 is 5.32 Å². The lowest BCUT2D eigenvalue weighted by atomic mass is 10.0. The average Bonchev–Trinajstić information content (AvgIpc) is 3.14. The first-order valence-electron chi connectivity index (χ1n) is 7.77. The molecule has 2 aliphatic heterocycles. The van der Waals surface area contributed by atoms with E-state index in [2.05, 4.69) is 10.3 Å². The van der Waals surface area contributed by atoms with E-state index in [0.29, 0.717) is 26.4 Å². The van der Waals surface area contributed by atoms with Gasteiger partial charge in [0.2, 0.25) is 11.8 Å². The normalized spacial score (nSPS) is 26.1. The Balaban J connectivity index is 1.59. The van der Waals surface area contributed by atoms with Gasteiger partial charge in [-0.3, -0.25) is 14.6 Å². The molecule has 1 N–H and O–H groups in total. The Labute approximate surface area is 135 Å². The number of pyridine rings is 1. The molecule has 0 unspecified atom stereocenters. The molecule has 23 heavy (non-hydrogen) atoms. The SMILES string of the molecule is CC(=O)NCC(=O)N1C[C@@H](OCc2cccnc2)[C@@H]2COC[C@@H]21. The highest BCUT2D eigenvalue weighted by atomic mass is 16.5. The van der Waals surface area contributed by atoms with Crippen LogP contribution in [0.5, 0.6) is 0 Å². The summed E-state index contributed by atoms with van der Waals surface area (Å²) < 4.78 is 11.5. The van der Waals surface area contributed by atoms with E-state index in [1.165, 1.54) is 6.92 Å². The Hall–Kier alpha value is -1.99. The molecule has 3 rings (SSSR count). The van der Waals surface area contributed by atoms with Crippen LogP contribution in [0.3, 0.4) is 0 Å². The van der Waals surface area contributed by atoms with E-state index >= 15 is 0 Å². The van der Waals surface area contributed by atoms with E-state index in [1.54, 1.807) is 17.3 Å². The maximum Gasteiger partial charge on any atom is 0.242 e. The maximum absolute atomic E-state index is 12.3. The quantitative estimate of drug-likeness (QED) is 0.824. The van der Waals surface area contributed by atoms with E-state index < -0.39 is 0 Å². The number of amides is 2. The van der Waals surface area contributed by atoms with Crippen molar-refractivity contribution in [1.82, 2.24) is 15.2 Å². The zero-order valence-electron chi connectivity index (χ0n) is 13.1. The van der Waals surface area contributed by atoms with Crippen LogP contribution >= 0.6 is 0 Å². The third-order valence-electron chi connectivity index (χ3n) is 4.34. The van der Waals surface area contributed by atoms with E-state index in [0.717, 1.165) is 5.56 Å². The molecule has 7 heteroatoms. The summed E-state index contributed by atoms with van der Waals surface area (Å²) in [5, 5.41) is 2.55. The smallest absolute Gasteiger partial charge is 0.242 e. The summed E-state index contributed by atoms with van der Waals surface area (Å²) in [6.07, 6.45) is 3.45. The number of aromatic nitrogens is 1. The Morgan fingerprint density at radius 1 is 1.48 bits per heavy atom. The fraction of sp³-hybridized carbons (Fsp3) is 0.562. The summed E-state index contributed by atoms with van der Waals surface area (Å²) in [5.74, 6) is -0.109. The minimum absolute atomic E-state index is 0.0217. The Kier molecular flexibility index (Phi) is 4.88. The zero-order chi connectivity index (χ0) is 16.2. The minimum atomic E-state index is -0.207. The van der Waals surface area contributed by atoms with E-state index in [1.807, 2.05) is 12.1 Å². The van der Waals surface area contributed by atoms with Crippen molar-refractivity contribution in [3.8, 4) is 0 Å². The van der Waals surface area contributed by atoms with Gasteiger partial charge in [-0.15, -0.1) is 0 Å². The number of hydrogen-bond donors (Lipinski definition) is 1. The molecule has 0 saturated carbocycles. The van der Waals surface area contributed by atoms with Crippen LogP contribution in [0.1, 0.15) is 12.5 Å². The van der Waals surface area contributed by atoms with Gasteiger partial charge in [0.05, 0.1) is 38.5 Å². The molecule has 0 bridgehead atoms. The van der Waals surface area contributed by atoms with Crippen LogP contribution in [-0.2, 0) is 25.7 Å². The number of hydrogen-bond acceptors (Lipinski definition) is 5. The molecule has 2 fully saturated rings. The molecule has 0 aromatic carbocycles. The van der Waals surface area contributed by atoms with Crippen molar-refractivity contribution in [3.05, 3.63) is 30.1 Å². The molecule has 1 aromatic rings. The summed E-state index contributed by atoms with van der Waals surface area (Å²) >= 11 is 0. The molecule has 2 aliphatic rings. The second kappa shape index (κ2) is 7.06. The molecular weight excluding hydrogens is 298 g/mol. The number of carbonyl (C=O) groups excluding carboxylic acids is 2. The maximum atomic E-state index is 12.3. The monoisotopic (exact) mass is 319 g/mol. The lowest BCUT2D eigenvalue weighted by Crippen LogP contribution is -2.43. The van der Waals surface area contributed by atoms with Crippen molar-refractivity contribution in [1.29, 1.82) is 0 Å².